The molecule has 21 heavy (non-hydrogen) atoms. The predicted molar refractivity (Wildman–Crippen MR) is 83.1 cm³/mol. The summed E-state index contributed by atoms with van der Waals surface area (Å²) in [6, 6.07) is 14.2. The predicted octanol–water partition coefficient (Wildman–Crippen LogP) is 4.21. The molecule has 1 heterocycles. The summed E-state index contributed by atoms with van der Waals surface area (Å²) in [6.45, 7) is 1.91. The third-order valence-corrected chi connectivity index (χ3v) is 3.28. The van der Waals surface area contributed by atoms with Crippen molar-refractivity contribution >= 4 is 28.5 Å². The van der Waals surface area contributed by atoms with Crippen LogP contribution < -0.4 is 0 Å². The standard InChI is InChI=1S/C16H13N3O2/c1-11-10-15(12-6-2-5-9-16(12)19(20)21)18-14-8-4-3-7-13(14)17-11/h2-9H,10H2,1H3. The summed E-state index contributed by atoms with van der Waals surface area (Å²) >= 11 is 0. The Morgan fingerprint density at radius 3 is 2.33 bits per heavy atom. The first-order valence-electron chi connectivity index (χ1n) is 6.59. The number of hydrogen-bond acceptors (Lipinski definition) is 4. The highest BCUT2D eigenvalue weighted by atomic mass is 16.6. The van der Waals surface area contributed by atoms with Crippen LogP contribution in [0, 0.1) is 10.1 Å². The number of rotatable bonds is 2. The van der Waals surface area contributed by atoms with Gasteiger partial charge in [-0.05, 0) is 25.1 Å². The summed E-state index contributed by atoms with van der Waals surface area (Å²) in [6.07, 6.45) is 0.500. The van der Waals surface area contributed by atoms with Crippen LogP contribution in [0.2, 0.25) is 0 Å². The van der Waals surface area contributed by atoms with Gasteiger partial charge in [-0.3, -0.25) is 15.1 Å². The fraction of sp³-hybridized carbons (Fsp3) is 0.125. The number of aliphatic imine (C=N–C) groups is 2. The van der Waals surface area contributed by atoms with Gasteiger partial charge in [0.1, 0.15) is 0 Å². The third kappa shape index (κ3) is 2.58. The van der Waals surface area contributed by atoms with Crippen molar-refractivity contribution in [3.8, 4) is 0 Å². The van der Waals surface area contributed by atoms with Gasteiger partial charge in [-0.25, -0.2) is 4.99 Å². The van der Waals surface area contributed by atoms with Crippen LogP contribution in [0.1, 0.15) is 18.9 Å². The zero-order valence-electron chi connectivity index (χ0n) is 11.5. The van der Waals surface area contributed by atoms with Crippen LogP contribution in [0.15, 0.2) is 58.5 Å². The summed E-state index contributed by atoms with van der Waals surface area (Å²) in [4.78, 5) is 19.9. The summed E-state index contributed by atoms with van der Waals surface area (Å²) < 4.78 is 0. The molecule has 0 radical (unpaired) electrons. The van der Waals surface area contributed by atoms with Crippen molar-refractivity contribution in [3.05, 3.63) is 64.2 Å². The van der Waals surface area contributed by atoms with Crippen LogP contribution in [0.4, 0.5) is 17.1 Å². The zero-order chi connectivity index (χ0) is 14.8. The first-order chi connectivity index (χ1) is 10.1. The van der Waals surface area contributed by atoms with Gasteiger partial charge in [0.05, 0.1) is 27.6 Å². The first kappa shape index (κ1) is 13.2. The smallest absolute Gasteiger partial charge is 0.258 e. The molecule has 0 aliphatic carbocycles. The molecule has 0 saturated carbocycles. The average Bonchev–Trinajstić information content (AvgIpc) is 2.65. The lowest BCUT2D eigenvalue weighted by Gasteiger charge is -2.05. The number of nitro benzene ring substituents is 1. The molecule has 0 amide bonds. The number of benzene rings is 2. The second kappa shape index (κ2) is 5.28. The lowest BCUT2D eigenvalue weighted by atomic mass is 10.0. The van der Waals surface area contributed by atoms with Crippen LogP contribution in [0.25, 0.3) is 0 Å². The Bertz CT molecular complexity index is 779. The number of nitrogens with zero attached hydrogens (tertiary/aromatic N) is 3. The maximum atomic E-state index is 11.2. The number of nitro groups is 1. The summed E-state index contributed by atoms with van der Waals surface area (Å²) in [7, 11) is 0. The minimum Gasteiger partial charge on any atom is -0.258 e. The van der Waals surface area contributed by atoms with Crippen molar-refractivity contribution in [2.75, 3.05) is 0 Å². The first-order valence-corrected chi connectivity index (χ1v) is 6.59. The van der Waals surface area contributed by atoms with E-state index in [0.717, 1.165) is 17.1 Å². The molecular formula is C16H13N3O2. The van der Waals surface area contributed by atoms with Crippen LogP contribution in [-0.4, -0.2) is 16.3 Å². The molecule has 0 fully saturated rings. The van der Waals surface area contributed by atoms with Crippen molar-refractivity contribution in [2.24, 2.45) is 9.98 Å². The second-order valence-corrected chi connectivity index (χ2v) is 4.85. The Hall–Kier alpha value is -2.82. The van der Waals surface area contributed by atoms with Gasteiger partial charge >= 0.3 is 0 Å². The van der Waals surface area contributed by atoms with Crippen LogP contribution >= 0.6 is 0 Å². The molecule has 0 N–H and O–H groups in total. The topological polar surface area (TPSA) is 67.9 Å². The summed E-state index contributed by atoms with van der Waals surface area (Å²) in [5.41, 5.74) is 3.72. The molecular weight excluding hydrogens is 266 g/mol. The molecule has 0 bridgehead atoms. The Morgan fingerprint density at radius 1 is 1.00 bits per heavy atom. The van der Waals surface area contributed by atoms with Crippen molar-refractivity contribution in [1.82, 2.24) is 0 Å². The van der Waals surface area contributed by atoms with E-state index >= 15 is 0 Å². The highest BCUT2D eigenvalue weighted by Gasteiger charge is 2.20. The van der Waals surface area contributed by atoms with Crippen LogP contribution in [0.5, 0.6) is 0 Å². The van der Waals surface area contributed by atoms with Gasteiger partial charge < -0.3 is 0 Å². The molecule has 0 atom stereocenters. The van der Waals surface area contributed by atoms with Gasteiger partial charge in [-0.2, -0.15) is 0 Å². The fourth-order valence-electron chi connectivity index (χ4n) is 2.36. The summed E-state index contributed by atoms with van der Waals surface area (Å²) in [5, 5.41) is 11.2. The molecule has 1 aliphatic heterocycles. The van der Waals surface area contributed by atoms with Gasteiger partial charge in [-0.1, -0.05) is 24.3 Å². The average molecular weight is 279 g/mol. The molecule has 0 aromatic heterocycles. The van der Waals surface area contributed by atoms with Crippen molar-refractivity contribution in [3.63, 3.8) is 0 Å². The van der Waals surface area contributed by atoms with E-state index in [9.17, 15) is 10.1 Å². The van der Waals surface area contributed by atoms with E-state index in [2.05, 4.69) is 9.98 Å². The van der Waals surface area contributed by atoms with E-state index in [0.29, 0.717) is 17.7 Å². The van der Waals surface area contributed by atoms with Crippen LogP contribution in [-0.2, 0) is 0 Å². The molecule has 0 saturated heterocycles. The normalized spacial score (nSPS) is 13.8. The number of hydrogen-bond donors (Lipinski definition) is 0. The Balaban J connectivity index is 2.18. The third-order valence-electron chi connectivity index (χ3n) is 3.28. The maximum Gasteiger partial charge on any atom is 0.278 e. The van der Waals surface area contributed by atoms with E-state index < -0.39 is 0 Å². The van der Waals surface area contributed by atoms with Crippen molar-refractivity contribution < 1.29 is 4.92 Å². The van der Waals surface area contributed by atoms with Gasteiger partial charge in [0.25, 0.3) is 5.69 Å². The van der Waals surface area contributed by atoms with Gasteiger partial charge in [0.15, 0.2) is 0 Å². The Kier molecular flexibility index (Phi) is 3.31. The van der Waals surface area contributed by atoms with E-state index in [1.165, 1.54) is 6.07 Å². The highest BCUT2D eigenvalue weighted by Crippen LogP contribution is 2.32. The minimum atomic E-state index is -0.374. The van der Waals surface area contributed by atoms with Gasteiger partial charge in [-0.15, -0.1) is 0 Å². The Morgan fingerprint density at radius 2 is 1.62 bits per heavy atom. The number of fused-ring (bicyclic) bond motifs is 1. The molecule has 1 aliphatic rings. The monoisotopic (exact) mass is 279 g/mol. The SMILES string of the molecule is CC1=Nc2ccccc2N=C(c2ccccc2[N+](=O)[O-])C1. The Labute approximate surface area is 121 Å². The minimum absolute atomic E-state index is 0.0726. The van der Waals surface area contributed by atoms with E-state index in [-0.39, 0.29) is 10.6 Å². The molecule has 2 aromatic carbocycles. The van der Waals surface area contributed by atoms with E-state index in [1.54, 1.807) is 18.2 Å². The van der Waals surface area contributed by atoms with Gasteiger partial charge in [0, 0.05) is 18.2 Å². The van der Waals surface area contributed by atoms with Gasteiger partial charge in [0.2, 0.25) is 0 Å². The van der Waals surface area contributed by atoms with E-state index in [1.807, 2.05) is 31.2 Å². The molecule has 5 heteroatoms. The molecule has 5 nitrogen and oxygen atoms in total. The quantitative estimate of drug-likeness (QED) is 0.610. The zero-order valence-corrected chi connectivity index (χ0v) is 11.5. The van der Waals surface area contributed by atoms with Crippen molar-refractivity contribution in [1.29, 1.82) is 0 Å². The maximum absolute atomic E-state index is 11.2. The second-order valence-electron chi connectivity index (χ2n) is 4.85. The van der Waals surface area contributed by atoms with E-state index in [4.69, 9.17) is 0 Å². The molecule has 0 spiro atoms. The van der Waals surface area contributed by atoms with Crippen molar-refractivity contribution in [2.45, 2.75) is 13.3 Å². The summed E-state index contributed by atoms with van der Waals surface area (Å²) in [5.74, 6) is 0. The lowest BCUT2D eigenvalue weighted by Crippen LogP contribution is -2.08. The molecule has 104 valence electrons. The largest absolute Gasteiger partial charge is 0.278 e. The molecule has 3 rings (SSSR count). The molecule has 2 aromatic rings. The lowest BCUT2D eigenvalue weighted by molar-refractivity contribution is -0.385. The van der Waals surface area contributed by atoms with Crippen LogP contribution in [0.3, 0.4) is 0 Å². The molecule has 0 unspecified atom stereocenters. The number of para-hydroxylation sites is 3. The highest BCUT2D eigenvalue weighted by molar-refractivity contribution is 6.16. The fourth-order valence-corrected chi connectivity index (χ4v) is 2.36.